The highest BCUT2D eigenvalue weighted by atomic mass is 32.2. The Hall–Kier alpha value is -0.720. The molecule has 0 radical (unpaired) electrons. The van der Waals surface area contributed by atoms with Crippen LogP contribution in [0.4, 0.5) is 5.82 Å². The molecule has 0 atom stereocenters. The Morgan fingerprint density at radius 3 is 3.05 bits per heavy atom. The number of aromatic nitrogens is 2. The molecule has 2 aromatic heterocycles. The van der Waals surface area contributed by atoms with E-state index in [1.807, 2.05) is 11.8 Å². The van der Waals surface area contributed by atoms with Crippen molar-refractivity contribution in [1.82, 2.24) is 9.38 Å². The second-order valence-corrected chi connectivity index (χ2v) is 8.18. The number of hydrogen-bond donors (Lipinski definition) is 1. The van der Waals surface area contributed by atoms with Crippen molar-refractivity contribution in [3.8, 4) is 0 Å². The lowest BCUT2D eigenvalue weighted by Crippen LogP contribution is -2.43. The average Bonchev–Trinajstić information content (AvgIpc) is 2.90. The topological polar surface area (TPSA) is 46.6 Å². The molecule has 19 heavy (non-hydrogen) atoms. The van der Waals surface area contributed by atoms with Gasteiger partial charge in [0.25, 0.3) is 0 Å². The molecule has 1 fully saturated rings. The molecular formula is C13H20N4S2. The third-order valence-electron chi connectivity index (χ3n) is 3.45. The summed E-state index contributed by atoms with van der Waals surface area (Å²) < 4.78 is 2.50. The van der Waals surface area contributed by atoms with E-state index in [2.05, 4.69) is 34.7 Å². The molecule has 0 saturated carbocycles. The van der Waals surface area contributed by atoms with E-state index < -0.39 is 0 Å². The van der Waals surface area contributed by atoms with Crippen LogP contribution in [0.5, 0.6) is 0 Å². The standard InChI is InChI=1S/C13H20N4S2/c1-13(2)9-16(5-8-19-13)11-10(3-4-14)17-6-7-18-12(17)15-11/h6-7H,3-5,8-9,14H2,1-2H3. The fourth-order valence-electron chi connectivity index (χ4n) is 2.64. The molecule has 3 rings (SSSR count). The van der Waals surface area contributed by atoms with E-state index in [0.717, 1.165) is 30.3 Å². The van der Waals surface area contributed by atoms with Gasteiger partial charge in [-0.2, -0.15) is 11.8 Å². The van der Waals surface area contributed by atoms with Crippen molar-refractivity contribution in [2.45, 2.75) is 25.0 Å². The van der Waals surface area contributed by atoms with Gasteiger partial charge in [0, 0.05) is 41.6 Å². The molecule has 2 N–H and O–H groups in total. The van der Waals surface area contributed by atoms with Crippen LogP contribution in [0.2, 0.25) is 0 Å². The summed E-state index contributed by atoms with van der Waals surface area (Å²) in [5.74, 6) is 2.31. The predicted molar refractivity (Wildman–Crippen MR) is 84.6 cm³/mol. The Kier molecular flexibility index (Phi) is 3.49. The van der Waals surface area contributed by atoms with Gasteiger partial charge in [-0.1, -0.05) is 0 Å². The summed E-state index contributed by atoms with van der Waals surface area (Å²) in [5.41, 5.74) is 7.04. The molecule has 3 heterocycles. The van der Waals surface area contributed by atoms with Crippen LogP contribution in [0.25, 0.3) is 4.96 Å². The van der Waals surface area contributed by atoms with Crippen LogP contribution in [0.1, 0.15) is 19.5 Å². The molecule has 2 aromatic rings. The van der Waals surface area contributed by atoms with E-state index in [0.29, 0.717) is 11.3 Å². The first-order valence-electron chi connectivity index (χ1n) is 6.64. The molecule has 6 heteroatoms. The SMILES string of the molecule is CC1(C)CN(c2nc3sccn3c2CCN)CCS1. The molecule has 0 amide bonds. The zero-order chi connectivity index (χ0) is 13.5. The molecule has 104 valence electrons. The first-order chi connectivity index (χ1) is 9.11. The van der Waals surface area contributed by atoms with Gasteiger partial charge in [0.1, 0.15) is 0 Å². The van der Waals surface area contributed by atoms with Crippen LogP contribution < -0.4 is 10.6 Å². The minimum absolute atomic E-state index is 0.301. The van der Waals surface area contributed by atoms with Crippen LogP contribution in [0.15, 0.2) is 11.6 Å². The summed E-state index contributed by atoms with van der Waals surface area (Å²) >= 11 is 3.74. The first kappa shape index (κ1) is 13.3. The van der Waals surface area contributed by atoms with E-state index in [1.54, 1.807) is 11.3 Å². The highest BCUT2D eigenvalue weighted by molar-refractivity contribution is 8.00. The summed E-state index contributed by atoms with van der Waals surface area (Å²) in [6.45, 7) is 7.43. The average molecular weight is 296 g/mol. The molecule has 0 unspecified atom stereocenters. The Balaban J connectivity index is 1.99. The zero-order valence-corrected chi connectivity index (χ0v) is 13.1. The lowest BCUT2D eigenvalue weighted by molar-refractivity contribution is 0.640. The van der Waals surface area contributed by atoms with Gasteiger partial charge in [0.2, 0.25) is 0 Å². The van der Waals surface area contributed by atoms with E-state index >= 15 is 0 Å². The molecule has 1 saturated heterocycles. The fourth-order valence-corrected chi connectivity index (χ4v) is 4.48. The largest absolute Gasteiger partial charge is 0.353 e. The molecule has 4 nitrogen and oxygen atoms in total. The van der Waals surface area contributed by atoms with Gasteiger partial charge < -0.3 is 10.6 Å². The van der Waals surface area contributed by atoms with E-state index in [1.165, 1.54) is 11.4 Å². The summed E-state index contributed by atoms with van der Waals surface area (Å²) in [5, 5.41) is 2.09. The van der Waals surface area contributed by atoms with Crippen molar-refractivity contribution in [3.63, 3.8) is 0 Å². The second-order valence-electron chi connectivity index (χ2n) is 5.51. The normalized spacial score (nSPS) is 19.2. The van der Waals surface area contributed by atoms with Crippen LogP contribution in [-0.4, -0.2) is 39.5 Å². The van der Waals surface area contributed by atoms with E-state index in [4.69, 9.17) is 10.7 Å². The minimum atomic E-state index is 0.301. The van der Waals surface area contributed by atoms with Crippen LogP contribution in [-0.2, 0) is 6.42 Å². The Morgan fingerprint density at radius 1 is 1.47 bits per heavy atom. The molecule has 0 spiro atoms. The Bertz CT molecular complexity index is 572. The van der Waals surface area contributed by atoms with Crippen LogP contribution in [0, 0.1) is 0 Å². The van der Waals surface area contributed by atoms with Gasteiger partial charge >= 0.3 is 0 Å². The quantitative estimate of drug-likeness (QED) is 0.943. The number of imidazole rings is 1. The van der Waals surface area contributed by atoms with Crippen molar-refractivity contribution < 1.29 is 0 Å². The minimum Gasteiger partial charge on any atom is -0.353 e. The monoisotopic (exact) mass is 296 g/mol. The summed E-state index contributed by atoms with van der Waals surface area (Å²) in [6, 6.07) is 0. The number of hydrogen-bond acceptors (Lipinski definition) is 5. The highest BCUT2D eigenvalue weighted by Crippen LogP contribution is 2.34. The molecule has 0 aliphatic carbocycles. The number of thioether (sulfide) groups is 1. The first-order valence-corrected chi connectivity index (χ1v) is 8.51. The van der Waals surface area contributed by atoms with Crippen molar-refractivity contribution in [2.24, 2.45) is 5.73 Å². The van der Waals surface area contributed by atoms with Gasteiger partial charge in [-0.05, 0) is 20.4 Å². The highest BCUT2D eigenvalue weighted by Gasteiger charge is 2.30. The smallest absolute Gasteiger partial charge is 0.195 e. The number of fused-ring (bicyclic) bond motifs is 1. The van der Waals surface area contributed by atoms with E-state index in [-0.39, 0.29) is 0 Å². The molecular weight excluding hydrogens is 276 g/mol. The number of anilines is 1. The van der Waals surface area contributed by atoms with Crippen molar-refractivity contribution in [3.05, 3.63) is 17.3 Å². The third kappa shape index (κ3) is 2.49. The lowest BCUT2D eigenvalue weighted by atomic mass is 10.1. The zero-order valence-electron chi connectivity index (χ0n) is 11.4. The van der Waals surface area contributed by atoms with Gasteiger partial charge in [-0.25, -0.2) is 4.98 Å². The maximum atomic E-state index is 5.77. The van der Waals surface area contributed by atoms with Crippen LogP contribution in [0.3, 0.4) is 0 Å². The Labute approximate surface area is 122 Å². The van der Waals surface area contributed by atoms with Crippen molar-refractivity contribution in [2.75, 3.05) is 30.3 Å². The summed E-state index contributed by atoms with van der Waals surface area (Å²) in [4.78, 5) is 8.33. The second kappa shape index (κ2) is 5.00. The van der Waals surface area contributed by atoms with Gasteiger partial charge in [-0.15, -0.1) is 11.3 Å². The Morgan fingerprint density at radius 2 is 2.32 bits per heavy atom. The summed E-state index contributed by atoms with van der Waals surface area (Å²) in [6.07, 6.45) is 2.99. The predicted octanol–water partition coefficient (Wildman–Crippen LogP) is 2.23. The fraction of sp³-hybridized carbons (Fsp3) is 0.615. The number of nitrogens with two attached hydrogens (primary N) is 1. The number of rotatable bonds is 3. The molecule has 1 aliphatic rings. The number of thiazole rings is 1. The maximum Gasteiger partial charge on any atom is 0.195 e. The number of nitrogens with zero attached hydrogens (tertiary/aromatic N) is 3. The molecule has 0 bridgehead atoms. The molecule has 1 aliphatic heterocycles. The third-order valence-corrected chi connectivity index (χ3v) is 5.50. The molecule has 0 aromatic carbocycles. The van der Waals surface area contributed by atoms with Gasteiger partial charge in [0.15, 0.2) is 10.8 Å². The lowest BCUT2D eigenvalue weighted by Gasteiger charge is -2.38. The van der Waals surface area contributed by atoms with Crippen LogP contribution >= 0.6 is 23.1 Å². The van der Waals surface area contributed by atoms with E-state index in [9.17, 15) is 0 Å². The van der Waals surface area contributed by atoms with Crippen molar-refractivity contribution >= 4 is 33.9 Å². The maximum absolute atomic E-state index is 5.77. The van der Waals surface area contributed by atoms with Gasteiger partial charge in [-0.3, -0.25) is 4.40 Å². The van der Waals surface area contributed by atoms with Crippen molar-refractivity contribution in [1.29, 1.82) is 0 Å². The summed E-state index contributed by atoms with van der Waals surface area (Å²) in [7, 11) is 0. The van der Waals surface area contributed by atoms with Gasteiger partial charge in [0.05, 0.1) is 5.69 Å².